The lowest BCUT2D eigenvalue weighted by molar-refractivity contribution is -0.142. The summed E-state index contributed by atoms with van der Waals surface area (Å²) in [7, 11) is 10.5. The third kappa shape index (κ3) is 6.03. The maximum absolute atomic E-state index is 13.9. The highest BCUT2D eigenvalue weighted by Gasteiger charge is 2.44. The Kier molecular flexibility index (Phi) is 9.07. The Bertz CT molecular complexity index is 1750. The number of methoxy groups -OCH3 is 4. The van der Waals surface area contributed by atoms with E-state index in [0.29, 0.717) is 41.5 Å². The van der Waals surface area contributed by atoms with E-state index in [-0.39, 0.29) is 5.97 Å². The highest BCUT2D eigenvalue weighted by molar-refractivity contribution is 5.89. The molecule has 0 aliphatic carbocycles. The van der Waals surface area contributed by atoms with E-state index < -0.39 is 12.1 Å². The zero-order valence-electron chi connectivity index (χ0n) is 29.1. The van der Waals surface area contributed by atoms with Crippen molar-refractivity contribution < 1.29 is 23.7 Å². The number of rotatable bonds is 8. The van der Waals surface area contributed by atoms with Crippen LogP contribution >= 0.6 is 0 Å². The number of carbonyl (C=O) groups is 1. The smallest absolute Gasteiger partial charge is 0.328 e. The van der Waals surface area contributed by atoms with Crippen LogP contribution in [0, 0.1) is 0 Å². The number of piperazine rings is 2. The Hall–Kier alpha value is -4.82. The fraction of sp³-hybridized carbons (Fsp3) is 0.486. The number of nitrogens with one attached hydrogen (secondary N) is 1. The van der Waals surface area contributed by atoms with Gasteiger partial charge in [0, 0.05) is 75.4 Å². The molecular weight excluding hydrogens is 626 g/mol. The first-order chi connectivity index (χ1) is 23.8. The Morgan fingerprint density at radius 3 is 1.84 bits per heavy atom. The second kappa shape index (κ2) is 13.6. The number of nitrogens with zero attached hydrogens (tertiary/aromatic N) is 8. The first-order valence-corrected chi connectivity index (χ1v) is 16.7. The van der Waals surface area contributed by atoms with Crippen LogP contribution in [0.4, 0.5) is 17.8 Å². The zero-order valence-corrected chi connectivity index (χ0v) is 29.1. The van der Waals surface area contributed by atoms with Gasteiger partial charge in [0.25, 0.3) is 0 Å². The third-order valence-corrected chi connectivity index (χ3v) is 10.0. The average Bonchev–Trinajstić information content (AvgIpc) is 3.51. The van der Waals surface area contributed by atoms with E-state index in [2.05, 4.69) is 50.8 Å². The Morgan fingerprint density at radius 1 is 0.755 bits per heavy atom. The lowest BCUT2D eigenvalue weighted by Gasteiger charge is -2.42. The molecule has 7 rings (SSSR count). The number of aromatic nitrogens is 4. The molecule has 2 aromatic heterocycles. The van der Waals surface area contributed by atoms with E-state index in [0.717, 1.165) is 80.1 Å². The first-order valence-electron chi connectivity index (χ1n) is 16.7. The molecule has 0 saturated carbocycles. The fourth-order valence-electron chi connectivity index (χ4n) is 7.21. The predicted molar refractivity (Wildman–Crippen MR) is 187 cm³/mol. The van der Waals surface area contributed by atoms with Crippen molar-refractivity contribution in [1.82, 2.24) is 29.7 Å². The van der Waals surface area contributed by atoms with Crippen LogP contribution in [0.3, 0.4) is 0 Å². The molecule has 49 heavy (non-hydrogen) atoms. The third-order valence-electron chi connectivity index (χ3n) is 10.0. The number of hydrogen-bond acceptors (Lipinski definition) is 13. The van der Waals surface area contributed by atoms with Gasteiger partial charge in [0.2, 0.25) is 23.6 Å². The van der Waals surface area contributed by atoms with Gasteiger partial charge in [0.05, 0.1) is 34.5 Å². The molecule has 0 amide bonds. The van der Waals surface area contributed by atoms with E-state index in [1.807, 2.05) is 29.2 Å². The number of ether oxygens (including phenoxy) is 4. The Balaban J connectivity index is 1.47. The SMILES string of the molecule is COC(=O)[C@@H]1Cc2c([nH]c3ccccc23)[C@@H](c2cc(OC)c(OC)c(OC)c2)N1c1nc(N2CCN(C)CC2)nc(N2CCN(C)CC2)n1. The van der Waals surface area contributed by atoms with E-state index in [9.17, 15) is 4.79 Å². The molecule has 4 aromatic rings. The van der Waals surface area contributed by atoms with Crippen molar-refractivity contribution >= 4 is 34.7 Å². The number of likely N-dealkylation sites (N-methyl/N-ethyl adjacent to an activating group) is 2. The van der Waals surface area contributed by atoms with Gasteiger partial charge in [0.15, 0.2) is 11.5 Å². The summed E-state index contributed by atoms with van der Waals surface area (Å²) in [5, 5.41) is 1.05. The maximum atomic E-state index is 13.9. The largest absolute Gasteiger partial charge is 0.493 e. The molecule has 260 valence electrons. The summed E-state index contributed by atoms with van der Waals surface area (Å²) in [6.45, 7) is 6.71. The number of H-pyrrole nitrogens is 1. The minimum Gasteiger partial charge on any atom is -0.493 e. The molecule has 0 spiro atoms. The van der Waals surface area contributed by atoms with Gasteiger partial charge in [-0.3, -0.25) is 0 Å². The topological polar surface area (TPSA) is 125 Å². The maximum Gasteiger partial charge on any atom is 0.328 e. The number of esters is 1. The monoisotopic (exact) mass is 671 g/mol. The van der Waals surface area contributed by atoms with E-state index in [4.69, 9.17) is 33.9 Å². The minimum atomic E-state index is -0.746. The second-order valence-electron chi connectivity index (χ2n) is 12.9. The van der Waals surface area contributed by atoms with Crippen molar-refractivity contribution in [2.24, 2.45) is 0 Å². The van der Waals surface area contributed by atoms with Gasteiger partial charge in [0.1, 0.15) is 6.04 Å². The molecule has 2 fully saturated rings. The molecule has 0 unspecified atom stereocenters. The summed E-state index contributed by atoms with van der Waals surface area (Å²) in [5.74, 6) is 2.70. The Labute approximate surface area is 286 Å². The molecule has 14 nitrogen and oxygen atoms in total. The quantitative estimate of drug-likeness (QED) is 0.276. The molecule has 14 heteroatoms. The molecule has 2 atom stereocenters. The standard InChI is InChI=1S/C35H45N9O5/c1-40-11-15-42(16-12-40)33-37-34(43-17-13-41(2)14-18-43)39-35(38-33)44-26(32(45)49-6)21-24-23-9-7-8-10-25(23)36-29(24)30(44)22-19-27(46-3)31(48-5)28(20-22)47-4/h7-10,19-20,26,30,36H,11-18,21H2,1-6H3/t26-,30+/m0/s1. The van der Waals surface area contributed by atoms with Crippen molar-refractivity contribution in [3.63, 3.8) is 0 Å². The summed E-state index contributed by atoms with van der Waals surface area (Å²) in [4.78, 5) is 44.1. The molecule has 3 aliphatic heterocycles. The van der Waals surface area contributed by atoms with Gasteiger partial charge in [-0.25, -0.2) is 4.79 Å². The van der Waals surface area contributed by atoms with Crippen molar-refractivity contribution in [2.75, 3.05) is 110 Å². The highest BCUT2D eigenvalue weighted by Crippen LogP contribution is 2.47. The van der Waals surface area contributed by atoms with Crippen LogP contribution < -0.4 is 28.9 Å². The molecule has 0 radical (unpaired) electrons. The highest BCUT2D eigenvalue weighted by atomic mass is 16.5. The van der Waals surface area contributed by atoms with Gasteiger partial charge in [-0.05, 0) is 43.4 Å². The molecule has 1 N–H and O–H groups in total. The van der Waals surface area contributed by atoms with Crippen LogP contribution in [0.15, 0.2) is 36.4 Å². The number of carbonyl (C=O) groups excluding carboxylic acids is 1. The van der Waals surface area contributed by atoms with E-state index >= 15 is 0 Å². The molecule has 5 heterocycles. The van der Waals surface area contributed by atoms with Crippen LogP contribution in [-0.2, 0) is 16.0 Å². The summed E-state index contributed by atoms with van der Waals surface area (Å²) in [6, 6.07) is 10.7. The van der Waals surface area contributed by atoms with Crippen molar-refractivity contribution in [3.8, 4) is 17.2 Å². The van der Waals surface area contributed by atoms with Crippen molar-refractivity contribution in [3.05, 3.63) is 53.2 Å². The second-order valence-corrected chi connectivity index (χ2v) is 12.9. The van der Waals surface area contributed by atoms with Gasteiger partial charge in [-0.1, -0.05) is 18.2 Å². The summed E-state index contributed by atoms with van der Waals surface area (Å²) < 4.78 is 22.8. The van der Waals surface area contributed by atoms with Crippen LogP contribution in [0.1, 0.15) is 22.9 Å². The molecular formula is C35H45N9O5. The molecule has 2 aromatic carbocycles. The molecule has 2 saturated heterocycles. The lowest BCUT2D eigenvalue weighted by Crippen LogP contribution is -2.51. The normalized spacial score (nSPS) is 20.3. The van der Waals surface area contributed by atoms with Gasteiger partial charge >= 0.3 is 5.97 Å². The van der Waals surface area contributed by atoms with Crippen LogP contribution in [0.2, 0.25) is 0 Å². The summed E-state index contributed by atoms with van der Waals surface area (Å²) in [6.07, 6.45) is 0.395. The van der Waals surface area contributed by atoms with E-state index in [1.54, 1.807) is 21.3 Å². The number of para-hydroxylation sites is 1. The Morgan fingerprint density at radius 2 is 1.31 bits per heavy atom. The summed E-state index contributed by atoms with van der Waals surface area (Å²) >= 11 is 0. The van der Waals surface area contributed by atoms with Crippen LogP contribution in [-0.4, -0.2) is 137 Å². The molecule has 3 aliphatic rings. The number of aromatic amines is 1. The van der Waals surface area contributed by atoms with Crippen molar-refractivity contribution in [2.45, 2.75) is 18.5 Å². The van der Waals surface area contributed by atoms with Crippen LogP contribution in [0.5, 0.6) is 17.2 Å². The number of benzene rings is 2. The average molecular weight is 672 g/mol. The fourth-order valence-corrected chi connectivity index (χ4v) is 7.21. The van der Waals surface area contributed by atoms with Gasteiger partial charge in [-0.15, -0.1) is 0 Å². The zero-order chi connectivity index (χ0) is 34.2. The lowest BCUT2D eigenvalue weighted by atomic mass is 9.88. The van der Waals surface area contributed by atoms with Crippen LogP contribution in [0.25, 0.3) is 10.9 Å². The first kappa shape index (κ1) is 32.7. The van der Waals surface area contributed by atoms with Gasteiger partial charge < -0.3 is 48.4 Å². The summed E-state index contributed by atoms with van der Waals surface area (Å²) in [5.41, 5.74) is 3.74. The number of hydrogen-bond donors (Lipinski definition) is 1. The van der Waals surface area contributed by atoms with E-state index in [1.165, 1.54) is 7.11 Å². The van der Waals surface area contributed by atoms with Crippen molar-refractivity contribution in [1.29, 1.82) is 0 Å². The predicted octanol–water partition coefficient (Wildman–Crippen LogP) is 2.58. The van der Waals surface area contributed by atoms with Gasteiger partial charge in [-0.2, -0.15) is 15.0 Å². The number of fused-ring (bicyclic) bond motifs is 3. The number of anilines is 3. The minimum absolute atomic E-state index is 0.379. The molecule has 0 bridgehead atoms.